The first-order valence-corrected chi connectivity index (χ1v) is 5.99. The second kappa shape index (κ2) is 5.95. The maximum atomic E-state index is 11.2. The van der Waals surface area contributed by atoms with Crippen molar-refractivity contribution < 1.29 is 14.6 Å². The molecule has 0 atom stereocenters. The second-order valence-corrected chi connectivity index (χ2v) is 3.96. The lowest BCUT2D eigenvalue weighted by Gasteiger charge is -2.09. The van der Waals surface area contributed by atoms with Gasteiger partial charge in [-0.2, -0.15) is 0 Å². The van der Waals surface area contributed by atoms with Gasteiger partial charge >= 0.3 is 5.97 Å². The van der Waals surface area contributed by atoms with Crippen LogP contribution < -0.4 is 4.74 Å². The van der Waals surface area contributed by atoms with Crippen molar-refractivity contribution >= 4 is 5.97 Å². The number of hydrogen-bond acceptors (Lipinski definition) is 4. The molecule has 2 aromatic heterocycles. The Labute approximate surface area is 110 Å². The second-order valence-electron chi connectivity index (χ2n) is 3.96. The highest BCUT2D eigenvalue weighted by atomic mass is 16.5. The van der Waals surface area contributed by atoms with Crippen LogP contribution in [0.15, 0.2) is 36.8 Å². The minimum absolute atomic E-state index is 0.113. The molecule has 0 saturated heterocycles. The Kier molecular flexibility index (Phi) is 4.07. The number of rotatable bonds is 5. The van der Waals surface area contributed by atoms with E-state index in [1.807, 2.05) is 13.0 Å². The zero-order chi connectivity index (χ0) is 13.7. The van der Waals surface area contributed by atoms with E-state index < -0.39 is 5.97 Å². The van der Waals surface area contributed by atoms with E-state index >= 15 is 0 Å². The topological polar surface area (TPSA) is 72.3 Å². The average Bonchev–Trinajstić information content (AvgIpc) is 2.45. The van der Waals surface area contributed by atoms with E-state index in [4.69, 9.17) is 4.74 Å². The zero-order valence-electron chi connectivity index (χ0n) is 10.5. The van der Waals surface area contributed by atoms with Crippen LogP contribution in [0.25, 0.3) is 11.3 Å². The van der Waals surface area contributed by atoms with Gasteiger partial charge in [-0.15, -0.1) is 0 Å². The van der Waals surface area contributed by atoms with Gasteiger partial charge in [0.15, 0.2) is 5.75 Å². The molecule has 2 rings (SSSR count). The minimum Gasteiger partial charge on any atom is -0.491 e. The van der Waals surface area contributed by atoms with Crippen LogP contribution in [0.4, 0.5) is 0 Å². The molecule has 5 nitrogen and oxygen atoms in total. The highest BCUT2D eigenvalue weighted by molar-refractivity contribution is 5.92. The lowest BCUT2D eigenvalue weighted by molar-refractivity contribution is 0.0692. The van der Waals surface area contributed by atoms with E-state index in [-0.39, 0.29) is 5.56 Å². The molecule has 2 heterocycles. The molecule has 0 aromatic carbocycles. The Morgan fingerprint density at radius 1 is 1.42 bits per heavy atom. The smallest absolute Gasteiger partial charge is 0.339 e. The fourth-order valence-corrected chi connectivity index (χ4v) is 1.61. The minimum atomic E-state index is -1.03. The number of pyridine rings is 2. The summed E-state index contributed by atoms with van der Waals surface area (Å²) in [6.45, 7) is 2.42. The summed E-state index contributed by atoms with van der Waals surface area (Å²) in [4.78, 5) is 19.5. The Balaban J connectivity index is 2.39. The van der Waals surface area contributed by atoms with Crippen molar-refractivity contribution in [3.63, 3.8) is 0 Å². The standard InChI is InChI=1S/C14H14N2O3/c1-2-6-19-13-9-16-12(7-11(13)14(17)18)10-4-3-5-15-8-10/h3-5,7-9H,2,6H2,1H3,(H,17,18). The molecule has 0 spiro atoms. The van der Waals surface area contributed by atoms with Gasteiger partial charge in [0, 0.05) is 18.0 Å². The molecule has 2 aromatic rings. The van der Waals surface area contributed by atoms with Crippen molar-refractivity contribution in [2.75, 3.05) is 6.61 Å². The molecule has 19 heavy (non-hydrogen) atoms. The van der Waals surface area contributed by atoms with E-state index in [0.29, 0.717) is 18.1 Å². The lowest BCUT2D eigenvalue weighted by atomic mass is 10.1. The van der Waals surface area contributed by atoms with Crippen LogP contribution in [-0.2, 0) is 0 Å². The number of hydrogen-bond donors (Lipinski definition) is 1. The zero-order valence-corrected chi connectivity index (χ0v) is 10.5. The fraction of sp³-hybridized carbons (Fsp3) is 0.214. The number of aromatic nitrogens is 2. The molecule has 0 aliphatic carbocycles. The third-order valence-electron chi connectivity index (χ3n) is 2.52. The average molecular weight is 258 g/mol. The summed E-state index contributed by atoms with van der Waals surface area (Å²) < 4.78 is 5.38. The van der Waals surface area contributed by atoms with Crippen molar-refractivity contribution in [3.05, 3.63) is 42.4 Å². The molecule has 5 heteroatoms. The van der Waals surface area contributed by atoms with Gasteiger partial charge in [-0.05, 0) is 24.6 Å². The quantitative estimate of drug-likeness (QED) is 0.892. The number of aromatic carboxylic acids is 1. The Bertz CT molecular complexity index is 570. The first-order valence-electron chi connectivity index (χ1n) is 5.99. The third-order valence-corrected chi connectivity index (χ3v) is 2.52. The van der Waals surface area contributed by atoms with Gasteiger partial charge in [0.2, 0.25) is 0 Å². The summed E-state index contributed by atoms with van der Waals surface area (Å²) in [7, 11) is 0. The molecule has 0 amide bonds. The molecular formula is C14H14N2O3. The predicted molar refractivity (Wildman–Crippen MR) is 70.2 cm³/mol. The molecule has 0 aliphatic rings. The number of carbonyl (C=O) groups is 1. The molecular weight excluding hydrogens is 244 g/mol. The van der Waals surface area contributed by atoms with Crippen LogP contribution in [0.3, 0.4) is 0 Å². The van der Waals surface area contributed by atoms with E-state index in [1.54, 1.807) is 18.5 Å². The van der Waals surface area contributed by atoms with E-state index in [2.05, 4.69) is 9.97 Å². The highest BCUT2D eigenvalue weighted by Gasteiger charge is 2.14. The van der Waals surface area contributed by atoms with E-state index in [1.165, 1.54) is 12.3 Å². The van der Waals surface area contributed by atoms with Crippen LogP contribution in [0.1, 0.15) is 23.7 Å². The van der Waals surface area contributed by atoms with Gasteiger partial charge in [0.05, 0.1) is 18.5 Å². The summed E-state index contributed by atoms with van der Waals surface area (Å²) in [5, 5.41) is 9.21. The van der Waals surface area contributed by atoms with Crippen molar-refractivity contribution in [2.45, 2.75) is 13.3 Å². The predicted octanol–water partition coefficient (Wildman–Crippen LogP) is 2.63. The third kappa shape index (κ3) is 3.07. The van der Waals surface area contributed by atoms with Gasteiger partial charge < -0.3 is 9.84 Å². The number of ether oxygens (including phenoxy) is 1. The highest BCUT2D eigenvalue weighted by Crippen LogP contribution is 2.24. The Morgan fingerprint density at radius 2 is 2.26 bits per heavy atom. The molecule has 1 N–H and O–H groups in total. The van der Waals surface area contributed by atoms with Gasteiger partial charge in [0.1, 0.15) is 5.56 Å². The van der Waals surface area contributed by atoms with Gasteiger partial charge in [0.25, 0.3) is 0 Å². The summed E-state index contributed by atoms with van der Waals surface area (Å²) in [5.41, 5.74) is 1.45. The van der Waals surface area contributed by atoms with Gasteiger partial charge in [-0.3, -0.25) is 9.97 Å². The van der Waals surface area contributed by atoms with Gasteiger partial charge in [-0.1, -0.05) is 6.92 Å². The summed E-state index contributed by atoms with van der Waals surface area (Å²) >= 11 is 0. The normalized spacial score (nSPS) is 10.2. The summed E-state index contributed by atoms with van der Waals surface area (Å²) in [6.07, 6.45) is 5.55. The monoisotopic (exact) mass is 258 g/mol. The first kappa shape index (κ1) is 13.0. The number of carboxylic acids is 1. The lowest BCUT2D eigenvalue weighted by Crippen LogP contribution is -2.05. The first-order chi connectivity index (χ1) is 9.22. The SMILES string of the molecule is CCCOc1cnc(-c2cccnc2)cc1C(=O)O. The fourth-order valence-electron chi connectivity index (χ4n) is 1.61. The molecule has 0 bridgehead atoms. The van der Waals surface area contributed by atoms with Gasteiger partial charge in [-0.25, -0.2) is 4.79 Å². The van der Waals surface area contributed by atoms with Crippen molar-refractivity contribution in [1.82, 2.24) is 9.97 Å². The summed E-state index contributed by atoms with van der Waals surface area (Å²) in [5.74, 6) is -0.736. The number of carboxylic acid groups (broad SMARTS) is 1. The van der Waals surface area contributed by atoms with Crippen molar-refractivity contribution in [3.8, 4) is 17.0 Å². The Morgan fingerprint density at radius 3 is 2.89 bits per heavy atom. The van der Waals surface area contributed by atoms with Crippen LogP contribution >= 0.6 is 0 Å². The molecule has 0 aliphatic heterocycles. The molecule has 0 fully saturated rings. The maximum absolute atomic E-state index is 11.2. The largest absolute Gasteiger partial charge is 0.491 e. The van der Waals surface area contributed by atoms with Crippen LogP contribution in [0.2, 0.25) is 0 Å². The van der Waals surface area contributed by atoms with Crippen molar-refractivity contribution in [1.29, 1.82) is 0 Å². The van der Waals surface area contributed by atoms with E-state index in [0.717, 1.165) is 12.0 Å². The summed E-state index contributed by atoms with van der Waals surface area (Å²) in [6, 6.07) is 5.11. The van der Waals surface area contributed by atoms with Crippen LogP contribution in [0.5, 0.6) is 5.75 Å². The Hall–Kier alpha value is -2.43. The molecule has 0 saturated carbocycles. The molecule has 0 unspecified atom stereocenters. The van der Waals surface area contributed by atoms with E-state index in [9.17, 15) is 9.90 Å². The van der Waals surface area contributed by atoms with Crippen molar-refractivity contribution in [2.24, 2.45) is 0 Å². The molecule has 98 valence electrons. The van der Waals surface area contributed by atoms with Crippen LogP contribution in [-0.4, -0.2) is 27.7 Å². The number of nitrogens with zero attached hydrogens (tertiary/aromatic N) is 2. The molecule has 0 radical (unpaired) electrons. The maximum Gasteiger partial charge on any atom is 0.339 e. The van der Waals surface area contributed by atoms with Crippen LogP contribution in [0, 0.1) is 0 Å².